The fourth-order valence-electron chi connectivity index (χ4n) is 4.66. The maximum absolute atomic E-state index is 12.3. The van der Waals surface area contributed by atoms with Crippen LogP contribution < -0.4 is 10.6 Å². The van der Waals surface area contributed by atoms with Gasteiger partial charge in [0.25, 0.3) is 0 Å². The zero-order valence-corrected chi connectivity index (χ0v) is 20.6. The number of alkyl carbamates (subject to hydrolysis) is 1. The average Bonchev–Trinajstić information content (AvgIpc) is 3.14. The molecule has 0 aromatic heterocycles. The topological polar surface area (TPSA) is 105 Å². The number of aliphatic carboxylic acids is 1. The lowest BCUT2D eigenvalue weighted by molar-refractivity contribution is -0.137. The SMILES string of the molecule is CCCCC(CC(=O)O)NC(=O)CC(C)CCNC(=O)OCC1c2ccccc2-c2ccccc21. The van der Waals surface area contributed by atoms with E-state index in [4.69, 9.17) is 9.84 Å². The summed E-state index contributed by atoms with van der Waals surface area (Å²) in [7, 11) is 0. The van der Waals surface area contributed by atoms with Gasteiger partial charge in [-0.25, -0.2) is 4.79 Å². The van der Waals surface area contributed by atoms with E-state index in [-0.39, 0.29) is 43.2 Å². The standard InChI is InChI=1S/C28H36N2O5/c1-3-4-9-20(17-27(32)33)30-26(31)16-19(2)14-15-29-28(34)35-18-25-23-12-7-5-10-21(23)22-11-6-8-13-24(22)25/h5-8,10-13,19-20,25H,3-4,9,14-18H2,1-2H3,(H,29,34)(H,30,31)(H,32,33). The Hall–Kier alpha value is -3.35. The van der Waals surface area contributed by atoms with Crippen molar-refractivity contribution in [2.75, 3.05) is 13.2 Å². The Bertz CT molecular complexity index is 976. The predicted octanol–water partition coefficient (Wildman–Crippen LogP) is 5.09. The third-order valence-electron chi connectivity index (χ3n) is 6.48. The van der Waals surface area contributed by atoms with Gasteiger partial charge >= 0.3 is 12.1 Å². The number of benzene rings is 2. The van der Waals surface area contributed by atoms with Crippen molar-refractivity contribution >= 4 is 18.0 Å². The summed E-state index contributed by atoms with van der Waals surface area (Å²) in [5.41, 5.74) is 4.71. The zero-order chi connectivity index (χ0) is 25.2. The first-order chi connectivity index (χ1) is 16.9. The molecule has 188 valence electrons. The molecule has 0 saturated carbocycles. The largest absolute Gasteiger partial charge is 0.481 e. The highest BCUT2D eigenvalue weighted by molar-refractivity contribution is 5.79. The zero-order valence-electron chi connectivity index (χ0n) is 20.6. The van der Waals surface area contributed by atoms with Crippen molar-refractivity contribution in [3.05, 3.63) is 59.7 Å². The van der Waals surface area contributed by atoms with Gasteiger partial charge in [-0.15, -0.1) is 0 Å². The number of hydrogen-bond donors (Lipinski definition) is 3. The van der Waals surface area contributed by atoms with Crippen LogP contribution >= 0.6 is 0 Å². The maximum atomic E-state index is 12.3. The van der Waals surface area contributed by atoms with Crippen LogP contribution in [0, 0.1) is 5.92 Å². The number of hydrogen-bond acceptors (Lipinski definition) is 4. The number of carbonyl (C=O) groups excluding carboxylic acids is 2. The lowest BCUT2D eigenvalue weighted by atomic mass is 9.98. The molecule has 3 N–H and O–H groups in total. The summed E-state index contributed by atoms with van der Waals surface area (Å²) < 4.78 is 5.54. The summed E-state index contributed by atoms with van der Waals surface area (Å²) in [6.45, 7) is 4.64. The van der Waals surface area contributed by atoms with Crippen LogP contribution in [0.2, 0.25) is 0 Å². The summed E-state index contributed by atoms with van der Waals surface area (Å²) in [5, 5.41) is 14.7. The highest BCUT2D eigenvalue weighted by atomic mass is 16.5. The number of nitrogens with one attached hydrogen (secondary N) is 2. The van der Waals surface area contributed by atoms with Gasteiger partial charge in [-0.1, -0.05) is 75.2 Å². The van der Waals surface area contributed by atoms with Crippen LogP contribution in [0.5, 0.6) is 0 Å². The van der Waals surface area contributed by atoms with E-state index in [9.17, 15) is 14.4 Å². The maximum Gasteiger partial charge on any atom is 0.407 e. The van der Waals surface area contributed by atoms with E-state index >= 15 is 0 Å². The Labute approximate surface area is 207 Å². The van der Waals surface area contributed by atoms with Crippen LogP contribution in [0.25, 0.3) is 11.1 Å². The molecule has 0 spiro atoms. The van der Waals surface area contributed by atoms with Gasteiger partial charge in [-0.3, -0.25) is 9.59 Å². The quantitative estimate of drug-likeness (QED) is 0.370. The van der Waals surface area contributed by atoms with E-state index in [0.717, 1.165) is 12.8 Å². The predicted molar refractivity (Wildman–Crippen MR) is 135 cm³/mol. The molecule has 0 bridgehead atoms. The third kappa shape index (κ3) is 7.57. The minimum absolute atomic E-state index is 0.0159. The molecule has 2 aromatic rings. The molecule has 0 radical (unpaired) electrons. The average molecular weight is 481 g/mol. The van der Waals surface area contributed by atoms with E-state index in [0.29, 0.717) is 19.4 Å². The number of unbranched alkanes of at least 4 members (excludes halogenated alkanes) is 1. The van der Waals surface area contributed by atoms with Crippen LogP contribution in [0.3, 0.4) is 0 Å². The molecule has 1 aliphatic rings. The second kappa shape index (κ2) is 12.9. The summed E-state index contributed by atoms with van der Waals surface area (Å²) in [6, 6.07) is 16.1. The van der Waals surface area contributed by atoms with Gasteiger partial charge < -0.3 is 20.5 Å². The second-order valence-electron chi connectivity index (χ2n) is 9.35. The van der Waals surface area contributed by atoms with Gasteiger partial charge in [0.2, 0.25) is 5.91 Å². The molecule has 0 fully saturated rings. The molecule has 1 aliphatic carbocycles. The minimum Gasteiger partial charge on any atom is -0.481 e. The van der Waals surface area contributed by atoms with Crippen molar-refractivity contribution in [2.45, 2.75) is 64.3 Å². The summed E-state index contributed by atoms with van der Waals surface area (Å²) >= 11 is 0. The number of carbonyl (C=O) groups is 3. The number of amides is 2. The number of fused-ring (bicyclic) bond motifs is 3. The molecule has 2 aromatic carbocycles. The van der Waals surface area contributed by atoms with Crippen LogP contribution in [0.1, 0.15) is 69.4 Å². The van der Waals surface area contributed by atoms with Crippen molar-refractivity contribution in [1.82, 2.24) is 10.6 Å². The van der Waals surface area contributed by atoms with Crippen LogP contribution in [0.15, 0.2) is 48.5 Å². The van der Waals surface area contributed by atoms with Gasteiger partial charge in [0, 0.05) is 24.9 Å². The fraction of sp³-hybridized carbons (Fsp3) is 0.464. The lowest BCUT2D eigenvalue weighted by Crippen LogP contribution is -2.37. The molecule has 0 saturated heterocycles. The molecular formula is C28H36N2O5. The molecule has 2 unspecified atom stereocenters. The Morgan fingerprint density at radius 3 is 2.20 bits per heavy atom. The fourth-order valence-corrected chi connectivity index (χ4v) is 4.66. The van der Waals surface area contributed by atoms with E-state index in [1.807, 2.05) is 38.1 Å². The van der Waals surface area contributed by atoms with Gasteiger partial charge in [0.15, 0.2) is 0 Å². The van der Waals surface area contributed by atoms with E-state index < -0.39 is 12.1 Å². The first-order valence-electron chi connectivity index (χ1n) is 12.5. The molecular weight excluding hydrogens is 444 g/mol. The first kappa shape index (κ1) is 26.3. The van der Waals surface area contributed by atoms with Crippen molar-refractivity contribution < 1.29 is 24.2 Å². The normalized spacial score (nSPS) is 13.9. The van der Waals surface area contributed by atoms with Gasteiger partial charge in [0.05, 0.1) is 6.42 Å². The Morgan fingerprint density at radius 2 is 1.60 bits per heavy atom. The van der Waals surface area contributed by atoms with Gasteiger partial charge in [0.1, 0.15) is 6.61 Å². The Morgan fingerprint density at radius 1 is 0.971 bits per heavy atom. The monoisotopic (exact) mass is 480 g/mol. The van der Waals surface area contributed by atoms with Gasteiger partial charge in [-0.2, -0.15) is 0 Å². The molecule has 35 heavy (non-hydrogen) atoms. The van der Waals surface area contributed by atoms with Crippen molar-refractivity contribution in [1.29, 1.82) is 0 Å². The lowest BCUT2D eigenvalue weighted by Gasteiger charge is -2.18. The number of carboxylic acid groups (broad SMARTS) is 1. The first-order valence-corrected chi connectivity index (χ1v) is 12.5. The second-order valence-corrected chi connectivity index (χ2v) is 9.35. The molecule has 2 amide bonds. The Kier molecular flexibility index (Phi) is 9.70. The van der Waals surface area contributed by atoms with E-state index in [2.05, 4.69) is 34.9 Å². The summed E-state index contributed by atoms with van der Waals surface area (Å²) in [6.07, 6.45) is 2.85. The molecule has 2 atom stereocenters. The van der Waals surface area contributed by atoms with Crippen LogP contribution in [-0.2, 0) is 14.3 Å². The third-order valence-corrected chi connectivity index (χ3v) is 6.48. The molecule has 7 heteroatoms. The van der Waals surface area contributed by atoms with Crippen molar-refractivity contribution in [3.8, 4) is 11.1 Å². The van der Waals surface area contributed by atoms with Crippen molar-refractivity contribution in [3.63, 3.8) is 0 Å². The van der Waals surface area contributed by atoms with Crippen LogP contribution in [0.4, 0.5) is 4.79 Å². The summed E-state index contributed by atoms with van der Waals surface area (Å²) in [5.74, 6) is -1.00. The smallest absolute Gasteiger partial charge is 0.407 e. The Balaban J connectivity index is 1.40. The highest BCUT2D eigenvalue weighted by Crippen LogP contribution is 2.44. The van der Waals surface area contributed by atoms with E-state index in [1.165, 1.54) is 22.3 Å². The van der Waals surface area contributed by atoms with E-state index in [1.54, 1.807) is 0 Å². The van der Waals surface area contributed by atoms with Crippen molar-refractivity contribution in [2.24, 2.45) is 5.92 Å². The molecule has 0 aliphatic heterocycles. The number of rotatable bonds is 13. The summed E-state index contributed by atoms with van der Waals surface area (Å²) in [4.78, 5) is 35.7. The molecule has 7 nitrogen and oxygen atoms in total. The number of ether oxygens (including phenoxy) is 1. The highest BCUT2D eigenvalue weighted by Gasteiger charge is 2.29. The van der Waals surface area contributed by atoms with Crippen LogP contribution in [-0.4, -0.2) is 42.3 Å². The number of carboxylic acids is 1. The van der Waals surface area contributed by atoms with Gasteiger partial charge in [-0.05, 0) is 41.0 Å². The minimum atomic E-state index is -0.910. The molecule has 0 heterocycles. The molecule has 3 rings (SSSR count).